The monoisotopic (exact) mass is 170 g/mol. The molecule has 1 fully saturated rings. The quantitative estimate of drug-likeness (QED) is 0.656. The molecule has 0 aromatic carbocycles. The number of hydrogen-bond donors (Lipinski definition) is 2. The standard InChI is InChI=1S/C10H22N2/c1-5-6-10-9(4)11-7(2)8(3)12-10/h7-12H,5-6H2,1-4H3. The van der Waals surface area contributed by atoms with E-state index in [1.54, 1.807) is 0 Å². The molecule has 0 aliphatic carbocycles. The molecule has 0 aromatic rings. The van der Waals surface area contributed by atoms with Crippen molar-refractivity contribution < 1.29 is 0 Å². The Labute approximate surface area is 76.1 Å². The highest BCUT2D eigenvalue weighted by Gasteiger charge is 2.27. The van der Waals surface area contributed by atoms with Crippen LogP contribution in [0.15, 0.2) is 0 Å². The molecule has 0 aromatic heterocycles. The number of rotatable bonds is 2. The summed E-state index contributed by atoms with van der Waals surface area (Å²) in [7, 11) is 0. The summed E-state index contributed by atoms with van der Waals surface area (Å²) in [6.07, 6.45) is 2.55. The van der Waals surface area contributed by atoms with Gasteiger partial charge in [0.15, 0.2) is 0 Å². The van der Waals surface area contributed by atoms with E-state index in [2.05, 4.69) is 38.3 Å². The van der Waals surface area contributed by atoms with Crippen LogP contribution in [0.5, 0.6) is 0 Å². The van der Waals surface area contributed by atoms with Gasteiger partial charge in [0.1, 0.15) is 0 Å². The third-order valence-corrected chi connectivity index (χ3v) is 2.96. The maximum absolute atomic E-state index is 3.65. The Morgan fingerprint density at radius 1 is 0.917 bits per heavy atom. The molecule has 2 nitrogen and oxygen atoms in total. The summed E-state index contributed by atoms with van der Waals surface area (Å²) in [6, 6.07) is 2.50. The minimum Gasteiger partial charge on any atom is -0.309 e. The molecule has 2 heteroatoms. The summed E-state index contributed by atoms with van der Waals surface area (Å²) >= 11 is 0. The van der Waals surface area contributed by atoms with E-state index in [1.807, 2.05) is 0 Å². The van der Waals surface area contributed by atoms with Crippen molar-refractivity contribution in [3.8, 4) is 0 Å². The summed E-state index contributed by atoms with van der Waals surface area (Å²) in [4.78, 5) is 0. The SMILES string of the molecule is CCCC1NC(C)C(C)NC1C. The highest BCUT2D eigenvalue weighted by molar-refractivity contribution is 4.91. The predicted octanol–water partition coefficient (Wildman–Crippen LogP) is 1.51. The van der Waals surface area contributed by atoms with Crippen LogP contribution in [0, 0.1) is 0 Å². The number of nitrogens with one attached hydrogen (secondary N) is 2. The van der Waals surface area contributed by atoms with E-state index >= 15 is 0 Å². The minimum absolute atomic E-state index is 0.605. The second-order valence-corrected chi connectivity index (χ2v) is 4.09. The summed E-state index contributed by atoms with van der Waals surface area (Å²) in [5, 5.41) is 7.26. The van der Waals surface area contributed by atoms with Crippen LogP contribution in [0.25, 0.3) is 0 Å². The van der Waals surface area contributed by atoms with Crippen LogP contribution >= 0.6 is 0 Å². The van der Waals surface area contributed by atoms with E-state index in [1.165, 1.54) is 12.8 Å². The van der Waals surface area contributed by atoms with Crippen LogP contribution in [-0.4, -0.2) is 24.2 Å². The van der Waals surface area contributed by atoms with Gasteiger partial charge in [-0.05, 0) is 27.2 Å². The molecule has 1 rings (SSSR count). The van der Waals surface area contributed by atoms with E-state index in [4.69, 9.17) is 0 Å². The van der Waals surface area contributed by atoms with Crippen molar-refractivity contribution in [2.24, 2.45) is 0 Å². The zero-order valence-corrected chi connectivity index (χ0v) is 8.72. The molecular weight excluding hydrogens is 148 g/mol. The van der Waals surface area contributed by atoms with Crippen LogP contribution in [0.3, 0.4) is 0 Å². The van der Waals surface area contributed by atoms with Crippen LogP contribution < -0.4 is 10.6 Å². The van der Waals surface area contributed by atoms with E-state index in [-0.39, 0.29) is 0 Å². The first-order valence-corrected chi connectivity index (χ1v) is 5.17. The van der Waals surface area contributed by atoms with Gasteiger partial charge in [-0.1, -0.05) is 13.3 Å². The Hall–Kier alpha value is -0.0800. The van der Waals surface area contributed by atoms with Gasteiger partial charge < -0.3 is 10.6 Å². The topological polar surface area (TPSA) is 24.1 Å². The largest absolute Gasteiger partial charge is 0.309 e. The first kappa shape index (κ1) is 10.0. The van der Waals surface area contributed by atoms with Gasteiger partial charge in [-0.2, -0.15) is 0 Å². The van der Waals surface area contributed by atoms with Crippen molar-refractivity contribution in [3.63, 3.8) is 0 Å². The molecule has 1 aliphatic rings. The minimum atomic E-state index is 0.605. The third kappa shape index (κ3) is 2.20. The first-order valence-electron chi connectivity index (χ1n) is 5.17. The fourth-order valence-corrected chi connectivity index (χ4v) is 1.95. The molecule has 0 saturated carbocycles. The zero-order valence-electron chi connectivity index (χ0n) is 8.72. The fraction of sp³-hybridized carbons (Fsp3) is 1.00. The van der Waals surface area contributed by atoms with Crippen molar-refractivity contribution >= 4 is 0 Å². The number of hydrogen-bond acceptors (Lipinski definition) is 2. The molecule has 4 unspecified atom stereocenters. The zero-order chi connectivity index (χ0) is 9.14. The van der Waals surface area contributed by atoms with Gasteiger partial charge in [0, 0.05) is 24.2 Å². The molecule has 0 bridgehead atoms. The molecule has 12 heavy (non-hydrogen) atoms. The first-order chi connectivity index (χ1) is 5.65. The second-order valence-electron chi connectivity index (χ2n) is 4.09. The summed E-state index contributed by atoms with van der Waals surface area (Å²) < 4.78 is 0. The van der Waals surface area contributed by atoms with Crippen LogP contribution in [0.1, 0.15) is 40.5 Å². The lowest BCUT2D eigenvalue weighted by molar-refractivity contribution is 0.228. The molecule has 1 saturated heterocycles. The average molecular weight is 170 g/mol. The van der Waals surface area contributed by atoms with Gasteiger partial charge in [-0.25, -0.2) is 0 Å². The third-order valence-electron chi connectivity index (χ3n) is 2.96. The van der Waals surface area contributed by atoms with Crippen molar-refractivity contribution in [3.05, 3.63) is 0 Å². The van der Waals surface area contributed by atoms with Crippen LogP contribution in [-0.2, 0) is 0 Å². The predicted molar refractivity (Wildman–Crippen MR) is 53.4 cm³/mol. The molecule has 1 heterocycles. The van der Waals surface area contributed by atoms with Gasteiger partial charge >= 0.3 is 0 Å². The highest BCUT2D eigenvalue weighted by atomic mass is 15.1. The molecule has 2 N–H and O–H groups in total. The second kappa shape index (κ2) is 4.24. The van der Waals surface area contributed by atoms with Crippen molar-refractivity contribution in [1.29, 1.82) is 0 Å². The average Bonchev–Trinajstić information content (AvgIpc) is 2.01. The molecule has 0 radical (unpaired) electrons. The normalized spacial score (nSPS) is 43.0. The van der Waals surface area contributed by atoms with Gasteiger partial charge in [0.2, 0.25) is 0 Å². The molecule has 72 valence electrons. The van der Waals surface area contributed by atoms with E-state index in [0.29, 0.717) is 24.2 Å². The lowest BCUT2D eigenvalue weighted by Gasteiger charge is -2.39. The van der Waals surface area contributed by atoms with E-state index < -0.39 is 0 Å². The van der Waals surface area contributed by atoms with Gasteiger partial charge in [-0.3, -0.25) is 0 Å². The van der Waals surface area contributed by atoms with Crippen LogP contribution in [0.2, 0.25) is 0 Å². The lowest BCUT2D eigenvalue weighted by atomic mass is 9.96. The highest BCUT2D eigenvalue weighted by Crippen LogP contribution is 2.11. The molecule has 1 aliphatic heterocycles. The maximum atomic E-state index is 3.65. The van der Waals surface area contributed by atoms with Crippen LogP contribution in [0.4, 0.5) is 0 Å². The molecular formula is C10H22N2. The van der Waals surface area contributed by atoms with Crippen molar-refractivity contribution in [2.45, 2.75) is 64.7 Å². The van der Waals surface area contributed by atoms with Gasteiger partial charge in [-0.15, -0.1) is 0 Å². The summed E-state index contributed by atoms with van der Waals surface area (Å²) in [6.45, 7) is 9.02. The van der Waals surface area contributed by atoms with E-state index in [9.17, 15) is 0 Å². The Bertz CT molecular complexity index is 136. The van der Waals surface area contributed by atoms with Gasteiger partial charge in [0.25, 0.3) is 0 Å². The summed E-state index contributed by atoms with van der Waals surface area (Å²) in [5.74, 6) is 0. The van der Waals surface area contributed by atoms with E-state index in [0.717, 1.165) is 0 Å². The Kier molecular flexibility index (Phi) is 3.53. The Morgan fingerprint density at radius 2 is 1.50 bits per heavy atom. The molecule has 0 amide bonds. The molecule has 0 spiro atoms. The lowest BCUT2D eigenvalue weighted by Crippen LogP contribution is -2.62. The number of piperazine rings is 1. The smallest absolute Gasteiger partial charge is 0.0221 e. The fourth-order valence-electron chi connectivity index (χ4n) is 1.95. The van der Waals surface area contributed by atoms with Crippen molar-refractivity contribution in [1.82, 2.24) is 10.6 Å². The Balaban J connectivity index is 2.43. The molecule has 4 atom stereocenters. The van der Waals surface area contributed by atoms with Crippen molar-refractivity contribution in [2.75, 3.05) is 0 Å². The van der Waals surface area contributed by atoms with Gasteiger partial charge in [0.05, 0.1) is 0 Å². The Morgan fingerprint density at radius 3 is 2.08 bits per heavy atom. The maximum Gasteiger partial charge on any atom is 0.0221 e. The summed E-state index contributed by atoms with van der Waals surface area (Å²) in [5.41, 5.74) is 0.